The molecule has 0 aliphatic carbocycles. The van der Waals surface area contributed by atoms with Crippen molar-refractivity contribution in [1.29, 1.82) is 0 Å². The van der Waals surface area contributed by atoms with Crippen molar-refractivity contribution in [2.75, 3.05) is 18.0 Å². The lowest BCUT2D eigenvalue weighted by Crippen LogP contribution is -2.47. The van der Waals surface area contributed by atoms with Crippen LogP contribution in [-0.2, 0) is 14.4 Å². The summed E-state index contributed by atoms with van der Waals surface area (Å²) < 4.78 is 5.56. The van der Waals surface area contributed by atoms with Gasteiger partial charge in [-0.25, -0.2) is 0 Å². The molecule has 1 atom stereocenters. The molecule has 1 aromatic rings. The van der Waals surface area contributed by atoms with E-state index in [0.29, 0.717) is 11.4 Å². The fourth-order valence-electron chi connectivity index (χ4n) is 2.64. The average Bonchev–Trinajstić information content (AvgIpc) is 2.52. The van der Waals surface area contributed by atoms with Gasteiger partial charge < -0.3 is 19.6 Å². The van der Waals surface area contributed by atoms with Gasteiger partial charge in [0.1, 0.15) is 12.3 Å². The fourth-order valence-corrected chi connectivity index (χ4v) is 2.64. The summed E-state index contributed by atoms with van der Waals surface area (Å²) in [5, 5.41) is 8.93. The Labute approximate surface area is 140 Å². The second-order valence-electron chi connectivity index (χ2n) is 5.98. The molecule has 1 aliphatic heterocycles. The highest BCUT2D eigenvalue weighted by Crippen LogP contribution is 2.33. The lowest BCUT2D eigenvalue weighted by Gasteiger charge is -2.33. The zero-order valence-corrected chi connectivity index (χ0v) is 14.1. The van der Waals surface area contributed by atoms with Crippen LogP contribution in [0.2, 0.25) is 0 Å². The predicted molar refractivity (Wildman–Crippen MR) is 88.0 cm³/mol. The lowest BCUT2D eigenvalue weighted by atomic mass is 10.1. The molecule has 0 fully saturated rings. The molecule has 1 N–H and O–H groups in total. The predicted octanol–water partition coefficient (Wildman–Crippen LogP) is 1.51. The molecule has 0 radical (unpaired) electrons. The summed E-state index contributed by atoms with van der Waals surface area (Å²) in [5.41, 5.74) is 0.628. The second kappa shape index (κ2) is 7.33. The Balaban J connectivity index is 2.11. The number of carbonyl (C=O) groups is 3. The highest BCUT2D eigenvalue weighted by atomic mass is 16.5. The number of carboxylic acid groups (broad SMARTS) is 1. The van der Waals surface area contributed by atoms with Crippen molar-refractivity contribution < 1.29 is 24.2 Å². The van der Waals surface area contributed by atoms with Gasteiger partial charge in [-0.05, 0) is 32.9 Å². The summed E-state index contributed by atoms with van der Waals surface area (Å²) in [7, 11) is 0. The number of carbonyl (C=O) groups excluding carboxylic acids is 2. The van der Waals surface area contributed by atoms with Crippen molar-refractivity contribution in [3.63, 3.8) is 0 Å². The van der Waals surface area contributed by atoms with Gasteiger partial charge in [-0.15, -0.1) is 0 Å². The van der Waals surface area contributed by atoms with Crippen LogP contribution < -0.4 is 9.64 Å². The Hall–Kier alpha value is -2.57. The smallest absolute Gasteiger partial charge is 0.323 e. The van der Waals surface area contributed by atoms with Gasteiger partial charge in [0, 0.05) is 19.0 Å². The van der Waals surface area contributed by atoms with E-state index in [0.717, 1.165) is 0 Å². The third kappa shape index (κ3) is 3.84. The molecule has 7 nitrogen and oxygen atoms in total. The molecule has 0 bridgehead atoms. The van der Waals surface area contributed by atoms with Crippen LogP contribution in [0, 0.1) is 0 Å². The van der Waals surface area contributed by atoms with Crippen LogP contribution >= 0.6 is 0 Å². The van der Waals surface area contributed by atoms with Crippen molar-refractivity contribution in [2.24, 2.45) is 0 Å². The molecule has 1 unspecified atom stereocenters. The number of para-hydroxylation sites is 2. The number of fused-ring (bicyclic) bond motifs is 1. The molecule has 7 heteroatoms. The standard InChI is InChI=1S/C17H22N2O5/c1-11(2)19(10-16(21)22)15(20)8-9-18-13-6-4-5-7-14(13)24-12(3)17(18)23/h4-7,11-12H,8-10H2,1-3H3,(H,21,22). The van der Waals surface area contributed by atoms with Crippen molar-refractivity contribution >= 4 is 23.5 Å². The van der Waals surface area contributed by atoms with Crippen molar-refractivity contribution in [3.8, 4) is 5.75 Å². The van der Waals surface area contributed by atoms with E-state index in [9.17, 15) is 14.4 Å². The van der Waals surface area contributed by atoms with Gasteiger partial charge in [0.15, 0.2) is 6.10 Å². The number of ether oxygens (including phenoxy) is 1. The molecule has 0 saturated carbocycles. The lowest BCUT2D eigenvalue weighted by molar-refractivity contribution is -0.145. The van der Waals surface area contributed by atoms with Gasteiger partial charge in [0.25, 0.3) is 5.91 Å². The first-order valence-corrected chi connectivity index (χ1v) is 7.89. The molecule has 0 saturated heterocycles. The van der Waals surface area contributed by atoms with Crippen molar-refractivity contribution in [2.45, 2.75) is 39.3 Å². The van der Waals surface area contributed by atoms with Crippen LogP contribution in [0.3, 0.4) is 0 Å². The zero-order chi connectivity index (χ0) is 17.9. The van der Waals surface area contributed by atoms with E-state index in [2.05, 4.69) is 0 Å². The summed E-state index contributed by atoms with van der Waals surface area (Å²) >= 11 is 0. The Bertz CT molecular complexity index is 644. The molecule has 130 valence electrons. The van der Waals surface area contributed by atoms with Gasteiger partial charge in [-0.3, -0.25) is 14.4 Å². The third-order valence-electron chi connectivity index (χ3n) is 3.87. The van der Waals surface area contributed by atoms with Crippen molar-refractivity contribution in [1.82, 2.24) is 4.90 Å². The molecule has 1 aromatic carbocycles. The number of hydrogen-bond donors (Lipinski definition) is 1. The summed E-state index contributed by atoms with van der Waals surface area (Å²) in [5.74, 6) is -0.963. The topological polar surface area (TPSA) is 87.2 Å². The van der Waals surface area contributed by atoms with Crippen LogP contribution in [0.1, 0.15) is 27.2 Å². The van der Waals surface area contributed by atoms with Crippen LogP contribution in [0.25, 0.3) is 0 Å². The minimum absolute atomic E-state index is 0.0538. The van der Waals surface area contributed by atoms with Crippen LogP contribution in [0.15, 0.2) is 24.3 Å². The SMILES string of the molecule is CC1Oc2ccccc2N(CCC(=O)N(CC(=O)O)C(C)C)C1=O. The largest absolute Gasteiger partial charge is 0.480 e. The highest BCUT2D eigenvalue weighted by molar-refractivity contribution is 6.00. The van der Waals surface area contributed by atoms with Gasteiger partial charge in [-0.2, -0.15) is 0 Å². The van der Waals surface area contributed by atoms with Crippen LogP contribution in [0.5, 0.6) is 5.75 Å². The summed E-state index contributed by atoms with van der Waals surface area (Å²) in [4.78, 5) is 38.5. The fraction of sp³-hybridized carbons (Fsp3) is 0.471. The quantitative estimate of drug-likeness (QED) is 0.852. The molecule has 1 heterocycles. The van der Waals surface area contributed by atoms with E-state index in [1.807, 2.05) is 6.07 Å². The molecule has 0 aromatic heterocycles. The molecule has 1 aliphatic rings. The first-order chi connectivity index (χ1) is 11.3. The van der Waals surface area contributed by atoms with Crippen LogP contribution in [0.4, 0.5) is 5.69 Å². The molecular weight excluding hydrogens is 312 g/mol. The molecule has 0 spiro atoms. The van der Waals surface area contributed by atoms with E-state index in [4.69, 9.17) is 9.84 Å². The Kier molecular flexibility index (Phi) is 5.43. The second-order valence-corrected chi connectivity index (χ2v) is 5.98. The normalized spacial score (nSPS) is 16.6. The maximum atomic E-state index is 12.4. The number of rotatable bonds is 6. The Morgan fingerprint density at radius 3 is 2.62 bits per heavy atom. The van der Waals surface area contributed by atoms with E-state index in [1.54, 1.807) is 39.0 Å². The Morgan fingerprint density at radius 1 is 1.33 bits per heavy atom. The first kappa shape index (κ1) is 17.8. The van der Waals surface area contributed by atoms with Crippen LogP contribution in [-0.4, -0.2) is 53.0 Å². The number of nitrogens with zero attached hydrogens (tertiary/aromatic N) is 2. The highest BCUT2D eigenvalue weighted by Gasteiger charge is 2.32. The third-order valence-corrected chi connectivity index (χ3v) is 3.87. The molecular formula is C17H22N2O5. The minimum atomic E-state index is -1.06. The van der Waals surface area contributed by atoms with E-state index < -0.39 is 12.1 Å². The van der Waals surface area contributed by atoms with Gasteiger partial charge in [-0.1, -0.05) is 12.1 Å². The summed E-state index contributed by atoms with van der Waals surface area (Å²) in [6.45, 7) is 5.03. The van der Waals surface area contributed by atoms with E-state index in [1.165, 1.54) is 9.80 Å². The molecule has 2 amide bonds. The zero-order valence-electron chi connectivity index (χ0n) is 14.1. The summed E-state index contributed by atoms with van der Waals surface area (Å²) in [6, 6.07) is 6.93. The molecule has 24 heavy (non-hydrogen) atoms. The monoisotopic (exact) mass is 334 g/mol. The maximum Gasteiger partial charge on any atom is 0.323 e. The van der Waals surface area contributed by atoms with E-state index in [-0.39, 0.29) is 37.4 Å². The van der Waals surface area contributed by atoms with Gasteiger partial charge in [0.05, 0.1) is 5.69 Å². The van der Waals surface area contributed by atoms with E-state index >= 15 is 0 Å². The maximum absolute atomic E-state index is 12.4. The minimum Gasteiger partial charge on any atom is -0.480 e. The van der Waals surface area contributed by atoms with Crippen molar-refractivity contribution in [3.05, 3.63) is 24.3 Å². The number of anilines is 1. The molecule has 2 rings (SSSR count). The van der Waals surface area contributed by atoms with Gasteiger partial charge in [0.2, 0.25) is 5.91 Å². The number of benzene rings is 1. The Morgan fingerprint density at radius 2 is 2.00 bits per heavy atom. The number of carboxylic acids is 1. The first-order valence-electron chi connectivity index (χ1n) is 7.89. The summed E-state index contributed by atoms with van der Waals surface area (Å²) in [6.07, 6.45) is -0.562. The number of aliphatic carboxylic acids is 1. The van der Waals surface area contributed by atoms with Gasteiger partial charge >= 0.3 is 5.97 Å². The number of hydrogen-bond acceptors (Lipinski definition) is 4. The average molecular weight is 334 g/mol. The number of amides is 2.